The van der Waals surface area contributed by atoms with Gasteiger partial charge in [0.1, 0.15) is 6.07 Å². The van der Waals surface area contributed by atoms with Crippen molar-refractivity contribution in [2.24, 2.45) is 5.73 Å². The zero-order valence-corrected chi connectivity index (χ0v) is 11.6. The summed E-state index contributed by atoms with van der Waals surface area (Å²) in [5.74, 6) is -0.604. The number of nitrogens with two attached hydrogens (primary N) is 1. The molecule has 7 heteroatoms. The molecular weight excluding hydrogens is 282 g/mol. The highest BCUT2D eigenvalue weighted by Gasteiger charge is 2.19. The van der Waals surface area contributed by atoms with Crippen molar-refractivity contribution in [2.75, 3.05) is 0 Å². The first kappa shape index (κ1) is 15.8. The van der Waals surface area contributed by atoms with E-state index in [2.05, 4.69) is 5.32 Å². The fraction of sp³-hybridized carbons (Fsp3) is 0.308. The molecule has 0 heterocycles. The van der Waals surface area contributed by atoms with Gasteiger partial charge in [-0.05, 0) is 24.6 Å². The van der Waals surface area contributed by atoms with E-state index in [0.717, 1.165) is 0 Å². The van der Waals surface area contributed by atoms with E-state index in [-0.39, 0.29) is 6.42 Å². The normalized spacial score (nSPS) is 12.8. The molecule has 0 aromatic heterocycles. The Balaban J connectivity index is 2.80. The van der Waals surface area contributed by atoms with Crippen LogP contribution >= 0.6 is 11.6 Å². The second-order valence-electron chi connectivity index (χ2n) is 4.08. The van der Waals surface area contributed by atoms with Crippen molar-refractivity contribution in [3.05, 3.63) is 34.9 Å². The molecule has 106 valence electrons. The summed E-state index contributed by atoms with van der Waals surface area (Å²) in [6.07, 6.45) is -0.974. The summed E-state index contributed by atoms with van der Waals surface area (Å²) in [6.45, 7) is 1.46. The minimum absolute atomic E-state index is 0.128. The van der Waals surface area contributed by atoms with E-state index >= 15 is 0 Å². The Morgan fingerprint density at radius 1 is 1.45 bits per heavy atom. The molecule has 0 saturated carbocycles. The number of urea groups is 1. The average molecular weight is 296 g/mol. The van der Waals surface area contributed by atoms with Gasteiger partial charge < -0.3 is 15.8 Å². The summed E-state index contributed by atoms with van der Waals surface area (Å²) in [5.41, 5.74) is 5.74. The number of hydrogen-bond acceptors (Lipinski definition) is 4. The van der Waals surface area contributed by atoms with Crippen LogP contribution in [0, 0.1) is 11.3 Å². The summed E-state index contributed by atoms with van der Waals surface area (Å²) >= 11 is 5.78. The lowest BCUT2D eigenvalue weighted by Crippen LogP contribution is -2.35. The van der Waals surface area contributed by atoms with Crippen LogP contribution in [0.2, 0.25) is 5.02 Å². The molecule has 0 unspecified atom stereocenters. The molecule has 0 fully saturated rings. The number of halogens is 1. The van der Waals surface area contributed by atoms with Gasteiger partial charge >= 0.3 is 12.0 Å². The van der Waals surface area contributed by atoms with Crippen LogP contribution in [-0.4, -0.2) is 18.1 Å². The molecule has 0 bridgehead atoms. The van der Waals surface area contributed by atoms with Gasteiger partial charge in [-0.25, -0.2) is 4.79 Å². The van der Waals surface area contributed by atoms with Gasteiger partial charge in [-0.1, -0.05) is 23.7 Å². The Morgan fingerprint density at radius 3 is 2.55 bits per heavy atom. The quantitative estimate of drug-likeness (QED) is 0.809. The first-order chi connectivity index (χ1) is 9.42. The molecule has 1 rings (SSSR count). The summed E-state index contributed by atoms with van der Waals surface area (Å²) in [6, 6.07) is 7.00. The third-order valence-electron chi connectivity index (χ3n) is 2.45. The number of nitrogens with one attached hydrogen (secondary N) is 1. The highest BCUT2D eigenvalue weighted by molar-refractivity contribution is 6.30. The Labute approximate surface area is 121 Å². The van der Waals surface area contributed by atoms with Gasteiger partial charge in [-0.3, -0.25) is 4.79 Å². The summed E-state index contributed by atoms with van der Waals surface area (Å²) in [7, 11) is 0. The van der Waals surface area contributed by atoms with Crippen LogP contribution in [0.15, 0.2) is 24.3 Å². The predicted octanol–water partition coefficient (Wildman–Crippen LogP) is 1.89. The van der Waals surface area contributed by atoms with Gasteiger partial charge in [0, 0.05) is 5.02 Å². The molecule has 0 aliphatic carbocycles. The molecule has 0 spiro atoms. The van der Waals surface area contributed by atoms with Crippen molar-refractivity contribution in [3.8, 4) is 6.07 Å². The summed E-state index contributed by atoms with van der Waals surface area (Å²) < 4.78 is 4.84. The molecule has 1 aromatic carbocycles. The monoisotopic (exact) mass is 295 g/mol. The molecule has 0 radical (unpaired) electrons. The summed E-state index contributed by atoms with van der Waals surface area (Å²) in [4.78, 5) is 22.6. The first-order valence-corrected chi connectivity index (χ1v) is 6.20. The maximum atomic E-state index is 11.7. The van der Waals surface area contributed by atoms with Gasteiger partial charge in [-0.15, -0.1) is 0 Å². The second-order valence-corrected chi connectivity index (χ2v) is 4.51. The number of carbonyl (C=O) groups is 2. The lowest BCUT2D eigenvalue weighted by atomic mass is 10.0. The number of rotatable bonds is 5. The molecule has 0 aliphatic rings. The third-order valence-corrected chi connectivity index (χ3v) is 2.70. The molecule has 2 atom stereocenters. The molecular formula is C13H14ClN3O3. The van der Waals surface area contributed by atoms with Crippen LogP contribution in [0.25, 0.3) is 0 Å². The summed E-state index contributed by atoms with van der Waals surface area (Å²) in [5, 5.41) is 11.6. The minimum atomic E-state index is -0.845. The van der Waals surface area contributed by atoms with Crippen molar-refractivity contribution < 1.29 is 14.3 Å². The average Bonchev–Trinajstić information content (AvgIpc) is 2.38. The van der Waals surface area contributed by atoms with Crippen molar-refractivity contribution in [2.45, 2.75) is 25.5 Å². The molecule has 3 N–H and O–H groups in total. The van der Waals surface area contributed by atoms with E-state index in [1.54, 1.807) is 30.3 Å². The van der Waals surface area contributed by atoms with Crippen LogP contribution in [0.4, 0.5) is 4.79 Å². The van der Waals surface area contributed by atoms with Crippen LogP contribution in [0.5, 0.6) is 0 Å². The Bertz CT molecular complexity index is 525. The number of carbonyl (C=O) groups excluding carboxylic acids is 2. The minimum Gasteiger partial charge on any atom is -0.447 e. The zero-order valence-electron chi connectivity index (χ0n) is 10.8. The molecule has 2 amide bonds. The van der Waals surface area contributed by atoms with Crippen molar-refractivity contribution in [1.29, 1.82) is 5.26 Å². The lowest BCUT2D eigenvalue weighted by molar-refractivity contribution is -0.146. The number of amides is 2. The fourth-order valence-electron chi connectivity index (χ4n) is 1.56. The number of nitrogens with zero attached hydrogens (tertiary/aromatic N) is 1. The maximum absolute atomic E-state index is 11.7. The van der Waals surface area contributed by atoms with Gasteiger partial charge in [0.2, 0.25) is 0 Å². The van der Waals surface area contributed by atoms with E-state index < -0.39 is 24.1 Å². The fourth-order valence-corrected chi connectivity index (χ4v) is 1.68. The zero-order chi connectivity index (χ0) is 15.1. The Hall–Kier alpha value is -2.26. The largest absolute Gasteiger partial charge is 0.447 e. The van der Waals surface area contributed by atoms with Crippen molar-refractivity contribution in [3.63, 3.8) is 0 Å². The van der Waals surface area contributed by atoms with Crippen molar-refractivity contribution in [1.82, 2.24) is 5.32 Å². The number of benzene rings is 1. The second kappa shape index (κ2) is 7.36. The van der Waals surface area contributed by atoms with Crippen molar-refractivity contribution >= 4 is 23.6 Å². The van der Waals surface area contributed by atoms with E-state index in [1.807, 2.05) is 0 Å². The van der Waals surface area contributed by atoms with Crippen LogP contribution < -0.4 is 11.1 Å². The number of nitriles is 1. The van der Waals surface area contributed by atoms with Gasteiger partial charge in [-0.2, -0.15) is 5.26 Å². The predicted molar refractivity (Wildman–Crippen MR) is 72.7 cm³/mol. The molecule has 6 nitrogen and oxygen atoms in total. The number of esters is 1. The maximum Gasteiger partial charge on any atom is 0.312 e. The Morgan fingerprint density at radius 2 is 2.05 bits per heavy atom. The molecule has 1 aromatic rings. The molecule has 0 saturated heterocycles. The van der Waals surface area contributed by atoms with Gasteiger partial charge in [0.05, 0.1) is 12.5 Å². The first-order valence-electron chi connectivity index (χ1n) is 5.83. The van der Waals surface area contributed by atoms with Gasteiger partial charge in [0.25, 0.3) is 0 Å². The van der Waals surface area contributed by atoms with E-state index in [0.29, 0.717) is 10.6 Å². The van der Waals surface area contributed by atoms with Crippen LogP contribution in [0.3, 0.4) is 0 Å². The SMILES string of the molecule is C[C@H](C#N)OC(=O)C[C@@H](NC(N)=O)c1ccc(Cl)cc1. The Kier molecular flexibility index (Phi) is 5.81. The highest BCUT2D eigenvalue weighted by Crippen LogP contribution is 2.20. The molecule has 0 aliphatic heterocycles. The third kappa shape index (κ3) is 5.16. The number of ether oxygens (including phenoxy) is 1. The highest BCUT2D eigenvalue weighted by atomic mass is 35.5. The standard InChI is InChI=1S/C13H14ClN3O3/c1-8(7-15)20-12(18)6-11(17-13(16)19)9-2-4-10(14)5-3-9/h2-5,8,11H,6H2,1H3,(H3,16,17,19)/t8-,11-/m1/s1. The molecule has 20 heavy (non-hydrogen) atoms. The smallest absolute Gasteiger partial charge is 0.312 e. The van der Waals surface area contributed by atoms with Gasteiger partial charge in [0.15, 0.2) is 6.10 Å². The topological polar surface area (TPSA) is 105 Å². The lowest BCUT2D eigenvalue weighted by Gasteiger charge is -2.17. The number of hydrogen-bond donors (Lipinski definition) is 2. The van der Waals surface area contributed by atoms with E-state index in [4.69, 9.17) is 27.3 Å². The van der Waals surface area contributed by atoms with E-state index in [9.17, 15) is 9.59 Å². The van der Waals surface area contributed by atoms with Crippen LogP contribution in [0.1, 0.15) is 24.9 Å². The van der Waals surface area contributed by atoms with Crippen LogP contribution in [-0.2, 0) is 9.53 Å². The van der Waals surface area contributed by atoms with E-state index in [1.165, 1.54) is 6.92 Å². The number of primary amides is 1.